The van der Waals surface area contributed by atoms with Gasteiger partial charge in [0.15, 0.2) is 0 Å². The van der Waals surface area contributed by atoms with Gasteiger partial charge in [0.2, 0.25) is 0 Å². The molecule has 136 valence electrons. The second kappa shape index (κ2) is 8.00. The molecule has 1 amide bonds. The molecular weight excluding hydrogens is 449 g/mol. The first-order valence-corrected chi connectivity index (χ1v) is 9.25. The molecule has 0 aliphatic heterocycles. The SMILES string of the molecule is Cc1cc(I)ccc1Nc1cc([N+](=O)[O-])ccc1C(=O)NOCC1CC1. The predicted molar refractivity (Wildman–Crippen MR) is 106 cm³/mol. The lowest BCUT2D eigenvalue weighted by Gasteiger charge is -2.14. The van der Waals surface area contributed by atoms with Crippen LogP contribution in [0.3, 0.4) is 0 Å². The Kier molecular flexibility index (Phi) is 5.72. The van der Waals surface area contributed by atoms with Crippen LogP contribution < -0.4 is 10.8 Å². The molecule has 3 rings (SSSR count). The van der Waals surface area contributed by atoms with Crippen molar-refractivity contribution in [2.45, 2.75) is 19.8 Å². The van der Waals surface area contributed by atoms with Crippen molar-refractivity contribution in [1.82, 2.24) is 5.48 Å². The van der Waals surface area contributed by atoms with Crippen LogP contribution in [0.25, 0.3) is 0 Å². The number of rotatable bonds is 7. The lowest BCUT2D eigenvalue weighted by molar-refractivity contribution is -0.384. The van der Waals surface area contributed by atoms with Crippen LogP contribution in [0.4, 0.5) is 17.1 Å². The molecule has 1 aliphatic carbocycles. The molecule has 0 bridgehead atoms. The van der Waals surface area contributed by atoms with Crippen LogP contribution in [0.2, 0.25) is 0 Å². The van der Waals surface area contributed by atoms with Crippen LogP contribution in [-0.2, 0) is 4.84 Å². The maximum atomic E-state index is 12.4. The first-order valence-electron chi connectivity index (χ1n) is 8.18. The molecule has 1 aliphatic rings. The normalized spacial score (nSPS) is 13.3. The Morgan fingerprint density at radius 3 is 2.69 bits per heavy atom. The van der Waals surface area contributed by atoms with Gasteiger partial charge in [-0.05, 0) is 78.1 Å². The van der Waals surface area contributed by atoms with E-state index in [0.717, 1.165) is 27.7 Å². The summed E-state index contributed by atoms with van der Waals surface area (Å²) in [5, 5.41) is 14.2. The molecule has 8 heteroatoms. The van der Waals surface area contributed by atoms with E-state index in [1.165, 1.54) is 18.2 Å². The number of hydrogen-bond acceptors (Lipinski definition) is 5. The van der Waals surface area contributed by atoms with Gasteiger partial charge >= 0.3 is 0 Å². The highest BCUT2D eigenvalue weighted by Crippen LogP contribution is 2.30. The summed E-state index contributed by atoms with van der Waals surface area (Å²) in [5.74, 6) is 0.0745. The molecule has 0 radical (unpaired) electrons. The molecular formula is C18H18IN3O4. The van der Waals surface area contributed by atoms with E-state index in [-0.39, 0.29) is 11.3 Å². The van der Waals surface area contributed by atoms with E-state index < -0.39 is 10.8 Å². The number of carbonyl (C=O) groups is 1. The number of anilines is 2. The molecule has 26 heavy (non-hydrogen) atoms. The number of aryl methyl sites for hydroxylation is 1. The monoisotopic (exact) mass is 467 g/mol. The van der Waals surface area contributed by atoms with Crippen molar-refractivity contribution in [2.75, 3.05) is 11.9 Å². The van der Waals surface area contributed by atoms with Crippen molar-refractivity contribution in [2.24, 2.45) is 5.92 Å². The second-order valence-electron chi connectivity index (χ2n) is 6.26. The number of hydrogen-bond donors (Lipinski definition) is 2. The number of nitrogens with one attached hydrogen (secondary N) is 2. The van der Waals surface area contributed by atoms with E-state index in [4.69, 9.17) is 4.84 Å². The molecule has 2 aromatic carbocycles. The summed E-state index contributed by atoms with van der Waals surface area (Å²) < 4.78 is 1.08. The van der Waals surface area contributed by atoms with Crippen LogP contribution in [-0.4, -0.2) is 17.4 Å². The molecule has 0 heterocycles. The van der Waals surface area contributed by atoms with Gasteiger partial charge in [0.05, 0.1) is 22.8 Å². The average molecular weight is 467 g/mol. The molecule has 1 fully saturated rings. The number of nitro benzene ring substituents is 1. The van der Waals surface area contributed by atoms with E-state index in [1.807, 2.05) is 25.1 Å². The lowest BCUT2D eigenvalue weighted by Crippen LogP contribution is -2.25. The molecule has 0 aromatic heterocycles. The summed E-state index contributed by atoms with van der Waals surface area (Å²) in [6.07, 6.45) is 2.23. The van der Waals surface area contributed by atoms with E-state index in [9.17, 15) is 14.9 Å². The molecule has 0 unspecified atom stereocenters. The van der Waals surface area contributed by atoms with Crippen molar-refractivity contribution >= 4 is 45.6 Å². The number of benzene rings is 2. The maximum absolute atomic E-state index is 12.4. The fraction of sp³-hybridized carbons (Fsp3) is 0.278. The first kappa shape index (κ1) is 18.6. The van der Waals surface area contributed by atoms with Crippen molar-refractivity contribution in [3.05, 3.63) is 61.2 Å². The number of non-ortho nitro benzene ring substituents is 1. The quantitative estimate of drug-likeness (QED) is 0.360. The molecule has 2 N–H and O–H groups in total. The number of nitrogens with zero attached hydrogens (tertiary/aromatic N) is 1. The van der Waals surface area contributed by atoms with Crippen LogP contribution in [0.1, 0.15) is 28.8 Å². The van der Waals surface area contributed by atoms with Crippen molar-refractivity contribution in [3.63, 3.8) is 0 Å². The lowest BCUT2D eigenvalue weighted by atomic mass is 10.1. The van der Waals surface area contributed by atoms with E-state index in [2.05, 4.69) is 33.4 Å². The molecule has 0 atom stereocenters. The summed E-state index contributed by atoms with van der Waals surface area (Å²) in [4.78, 5) is 28.3. The number of amides is 1. The maximum Gasteiger partial charge on any atom is 0.276 e. The van der Waals surface area contributed by atoms with E-state index in [0.29, 0.717) is 18.2 Å². The van der Waals surface area contributed by atoms with Gasteiger partial charge in [-0.2, -0.15) is 0 Å². The summed E-state index contributed by atoms with van der Waals surface area (Å²) in [6, 6.07) is 9.87. The Bertz CT molecular complexity index is 852. The Morgan fingerprint density at radius 1 is 1.27 bits per heavy atom. The minimum Gasteiger partial charge on any atom is -0.354 e. The summed E-state index contributed by atoms with van der Waals surface area (Å²) in [5.41, 5.74) is 4.72. The highest BCUT2D eigenvalue weighted by atomic mass is 127. The van der Waals surface area contributed by atoms with Crippen LogP contribution in [0, 0.1) is 26.5 Å². The van der Waals surface area contributed by atoms with Crippen molar-refractivity contribution in [1.29, 1.82) is 0 Å². The Hall–Kier alpha value is -2.20. The highest BCUT2D eigenvalue weighted by Gasteiger charge is 2.22. The third kappa shape index (κ3) is 4.70. The van der Waals surface area contributed by atoms with Crippen LogP contribution >= 0.6 is 22.6 Å². The van der Waals surface area contributed by atoms with Gasteiger partial charge in [0.1, 0.15) is 0 Å². The largest absolute Gasteiger partial charge is 0.354 e. The molecule has 2 aromatic rings. The number of carbonyl (C=O) groups excluding carboxylic acids is 1. The Morgan fingerprint density at radius 2 is 2.04 bits per heavy atom. The minimum atomic E-state index is -0.489. The molecule has 1 saturated carbocycles. The topological polar surface area (TPSA) is 93.5 Å². The van der Waals surface area contributed by atoms with Gasteiger partial charge in [-0.15, -0.1) is 0 Å². The zero-order valence-electron chi connectivity index (χ0n) is 14.1. The van der Waals surface area contributed by atoms with Gasteiger partial charge in [-0.1, -0.05) is 0 Å². The molecule has 7 nitrogen and oxygen atoms in total. The molecule has 0 spiro atoms. The average Bonchev–Trinajstić information content (AvgIpc) is 3.41. The van der Waals surface area contributed by atoms with Crippen LogP contribution in [0.5, 0.6) is 0 Å². The highest BCUT2D eigenvalue weighted by molar-refractivity contribution is 14.1. The fourth-order valence-electron chi connectivity index (χ4n) is 2.42. The standard InChI is InChI=1S/C18H18IN3O4/c1-11-8-13(19)4-7-16(11)20-17-9-14(22(24)25)5-6-15(17)18(23)21-26-10-12-2-3-12/h4-9,12,20H,2-3,10H2,1H3,(H,21,23). The summed E-state index contributed by atoms with van der Waals surface area (Å²) >= 11 is 2.21. The predicted octanol–water partition coefficient (Wildman–Crippen LogP) is 4.32. The smallest absolute Gasteiger partial charge is 0.276 e. The number of halogens is 1. The van der Waals surface area contributed by atoms with Gasteiger partial charge in [0.25, 0.3) is 11.6 Å². The van der Waals surface area contributed by atoms with Crippen molar-refractivity contribution < 1.29 is 14.6 Å². The Labute approximate surface area is 164 Å². The van der Waals surface area contributed by atoms with Gasteiger partial charge in [-0.3, -0.25) is 19.7 Å². The van der Waals surface area contributed by atoms with Crippen LogP contribution in [0.15, 0.2) is 36.4 Å². The Balaban J connectivity index is 1.85. The number of nitro groups is 1. The summed E-state index contributed by atoms with van der Waals surface area (Å²) in [7, 11) is 0. The third-order valence-electron chi connectivity index (χ3n) is 4.10. The van der Waals surface area contributed by atoms with Crippen molar-refractivity contribution in [3.8, 4) is 0 Å². The fourth-order valence-corrected chi connectivity index (χ4v) is 3.07. The van der Waals surface area contributed by atoms with E-state index in [1.54, 1.807) is 0 Å². The van der Waals surface area contributed by atoms with Gasteiger partial charge in [0, 0.05) is 21.4 Å². The number of hydroxylamine groups is 1. The zero-order chi connectivity index (χ0) is 18.7. The third-order valence-corrected chi connectivity index (χ3v) is 4.77. The zero-order valence-corrected chi connectivity index (χ0v) is 16.3. The molecule has 0 saturated heterocycles. The van der Waals surface area contributed by atoms with Gasteiger partial charge < -0.3 is 5.32 Å². The van der Waals surface area contributed by atoms with E-state index >= 15 is 0 Å². The second-order valence-corrected chi connectivity index (χ2v) is 7.50. The summed E-state index contributed by atoms with van der Waals surface area (Å²) in [6.45, 7) is 2.41. The first-order chi connectivity index (χ1) is 12.4. The van der Waals surface area contributed by atoms with Gasteiger partial charge in [-0.25, -0.2) is 5.48 Å². The minimum absolute atomic E-state index is 0.0916.